The molecule has 1 fully saturated rings. The highest BCUT2D eigenvalue weighted by molar-refractivity contribution is 5.00. The van der Waals surface area contributed by atoms with Crippen molar-refractivity contribution in [2.75, 3.05) is 33.7 Å². The monoisotopic (exact) mass is 267 g/mol. The van der Waals surface area contributed by atoms with Gasteiger partial charge in [-0.25, -0.2) is 0 Å². The molecule has 0 aliphatic carbocycles. The van der Waals surface area contributed by atoms with Gasteiger partial charge in [-0.3, -0.25) is 4.90 Å². The molecule has 2 N–H and O–H groups in total. The third-order valence-electron chi connectivity index (χ3n) is 4.15. The second kappa shape index (κ2) is 5.98. The quantitative estimate of drug-likeness (QED) is 0.878. The average molecular weight is 267 g/mol. The Labute approximate surface area is 114 Å². The third-order valence-corrected chi connectivity index (χ3v) is 4.15. The predicted octanol–water partition coefficient (Wildman–Crippen LogP) is 1.03. The molecular weight excluding hydrogens is 242 g/mol. The van der Waals surface area contributed by atoms with Crippen molar-refractivity contribution in [3.05, 3.63) is 11.7 Å². The van der Waals surface area contributed by atoms with E-state index in [0.29, 0.717) is 11.8 Å². The van der Waals surface area contributed by atoms with Crippen LogP contribution in [-0.2, 0) is 0 Å². The third kappa shape index (κ3) is 3.13. The van der Waals surface area contributed by atoms with Gasteiger partial charge in [0, 0.05) is 19.6 Å². The van der Waals surface area contributed by atoms with Crippen molar-refractivity contribution in [3.63, 3.8) is 0 Å². The molecule has 2 unspecified atom stereocenters. The molecule has 2 heterocycles. The number of piperazine rings is 1. The van der Waals surface area contributed by atoms with Gasteiger partial charge in [-0.05, 0) is 20.0 Å². The Morgan fingerprint density at radius 1 is 1.42 bits per heavy atom. The van der Waals surface area contributed by atoms with Gasteiger partial charge in [-0.2, -0.15) is 4.98 Å². The topological polar surface area (TPSA) is 71.4 Å². The minimum Gasteiger partial charge on any atom is -0.338 e. The maximum Gasteiger partial charge on any atom is 0.243 e. The second-order valence-electron chi connectivity index (χ2n) is 5.66. The van der Waals surface area contributed by atoms with Gasteiger partial charge in [0.2, 0.25) is 5.89 Å². The van der Waals surface area contributed by atoms with E-state index >= 15 is 0 Å². The molecule has 108 valence electrons. The van der Waals surface area contributed by atoms with Crippen molar-refractivity contribution >= 4 is 0 Å². The summed E-state index contributed by atoms with van der Waals surface area (Å²) in [5.74, 6) is 1.66. The number of hydrogen-bond donors (Lipinski definition) is 1. The largest absolute Gasteiger partial charge is 0.338 e. The first-order chi connectivity index (χ1) is 9.02. The van der Waals surface area contributed by atoms with Crippen LogP contribution in [0.3, 0.4) is 0 Å². The summed E-state index contributed by atoms with van der Waals surface area (Å²) in [6.07, 6.45) is 1.00. The first kappa shape index (κ1) is 14.4. The molecule has 0 bridgehead atoms. The summed E-state index contributed by atoms with van der Waals surface area (Å²) in [5, 5.41) is 4.13. The summed E-state index contributed by atoms with van der Waals surface area (Å²) in [7, 11) is 4.22. The van der Waals surface area contributed by atoms with E-state index in [0.717, 1.165) is 31.9 Å². The van der Waals surface area contributed by atoms with Gasteiger partial charge in [0.1, 0.15) is 0 Å². The fourth-order valence-electron chi connectivity index (χ4n) is 2.30. The van der Waals surface area contributed by atoms with Crippen LogP contribution in [0, 0.1) is 5.92 Å². The van der Waals surface area contributed by atoms with Crippen LogP contribution in [0.4, 0.5) is 0 Å². The molecular formula is C13H25N5O. The van der Waals surface area contributed by atoms with E-state index in [1.807, 2.05) is 0 Å². The van der Waals surface area contributed by atoms with Crippen molar-refractivity contribution in [1.29, 1.82) is 0 Å². The molecule has 6 nitrogen and oxygen atoms in total. The molecule has 0 amide bonds. The van der Waals surface area contributed by atoms with Crippen LogP contribution in [-0.4, -0.2) is 53.7 Å². The minimum absolute atomic E-state index is 0.169. The van der Waals surface area contributed by atoms with E-state index in [-0.39, 0.29) is 12.1 Å². The van der Waals surface area contributed by atoms with Crippen molar-refractivity contribution in [2.45, 2.75) is 32.4 Å². The van der Waals surface area contributed by atoms with Gasteiger partial charge in [0.25, 0.3) is 0 Å². The van der Waals surface area contributed by atoms with Gasteiger partial charge >= 0.3 is 0 Å². The zero-order valence-electron chi connectivity index (χ0n) is 12.3. The SMILES string of the molecule is CCC(C)[C@H](N)c1nc(C2CN(C)CCN2C)no1. The number of likely N-dealkylation sites (N-methyl/N-ethyl adjacent to an activating group) is 2. The van der Waals surface area contributed by atoms with Crippen molar-refractivity contribution < 1.29 is 4.52 Å². The highest BCUT2D eigenvalue weighted by Gasteiger charge is 2.29. The highest BCUT2D eigenvalue weighted by atomic mass is 16.5. The first-order valence-electron chi connectivity index (χ1n) is 7.00. The first-order valence-corrected chi connectivity index (χ1v) is 7.00. The molecule has 0 saturated carbocycles. The number of nitrogens with two attached hydrogens (primary N) is 1. The van der Waals surface area contributed by atoms with Gasteiger partial charge < -0.3 is 15.2 Å². The van der Waals surface area contributed by atoms with Crippen LogP contribution in [0.5, 0.6) is 0 Å². The fourth-order valence-corrected chi connectivity index (χ4v) is 2.30. The normalized spacial score (nSPS) is 25.4. The zero-order chi connectivity index (χ0) is 14.0. The summed E-state index contributed by atoms with van der Waals surface area (Å²) in [4.78, 5) is 9.07. The Morgan fingerprint density at radius 2 is 2.16 bits per heavy atom. The molecule has 1 aromatic heterocycles. The smallest absolute Gasteiger partial charge is 0.243 e. The molecule has 2 rings (SSSR count). The van der Waals surface area contributed by atoms with Crippen LogP contribution in [0.15, 0.2) is 4.52 Å². The van der Waals surface area contributed by atoms with Crippen LogP contribution in [0.2, 0.25) is 0 Å². The number of nitrogens with zero attached hydrogens (tertiary/aromatic N) is 4. The van der Waals surface area contributed by atoms with Gasteiger partial charge in [0.05, 0.1) is 12.1 Å². The Hall–Kier alpha value is -0.980. The van der Waals surface area contributed by atoms with Crippen molar-refractivity contribution in [1.82, 2.24) is 19.9 Å². The lowest BCUT2D eigenvalue weighted by atomic mass is 10.0. The molecule has 6 heteroatoms. The summed E-state index contributed by atoms with van der Waals surface area (Å²) >= 11 is 0. The van der Waals surface area contributed by atoms with Crippen LogP contribution >= 0.6 is 0 Å². The number of aromatic nitrogens is 2. The molecule has 19 heavy (non-hydrogen) atoms. The molecule has 3 atom stereocenters. The van der Waals surface area contributed by atoms with Gasteiger partial charge in [0.15, 0.2) is 5.82 Å². The molecule has 1 aromatic rings. The number of hydrogen-bond acceptors (Lipinski definition) is 6. The predicted molar refractivity (Wildman–Crippen MR) is 73.5 cm³/mol. The lowest BCUT2D eigenvalue weighted by Crippen LogP contribution is -2.45. The summed E-state index contributed by atoms with van der Waals surface area (Å²) in [6.45, 7) is 7.24. The van der Waals surface area contributed by atoms with E-state index in [4.69, 9.17) is 10.3 Å². The Balaban J connectivity index is 2.11. The van der Waals surface area contributed by atoms with E-state index in [9.17, 15) is 0 Å². The molecule has 1 aliphatic heterocycles. The summed E-state index contributed by atoms with van der Waals surface area (Å²) in [5.41, 5.74) is 6.13. The molecule has 0 aromatic carbocycles. The Morgan fingerprint density at radius 3 is 2.84 bits per heavy atom. The van der Waals surface area contributed by atoms with E-state index in [1.165, 1.54) is 0 Å². The van der Waals surface area contributed by atoms with Crippen molar-refractivity contribution in [2.24, 2.45) is 11.7 Å². The molecule has 1 saturated heterocycles. The highest BCUT2D eigenvalue weighted by Crippen LogP contribution is 2.24. The average Bonchev–Trinajstić information content (AvgIpc) is 2.89. The lowest BCUT2D eigenvalue weighted by Gasteiger charge is -2.35. The van der Waals surface area contributed by atoms with Crippen LogP contribution in [0.1, 0.15) is 44.1 Å². The lowest BCUT2D eigenvalue weighted by molar-refractivity contribution is 0.108. The standard InChI is InChI=1S/C13H25N5O/c1-5-9(2)11(14)13-15-12(16-19-13)10-8-17(3)6-7-18(10)4/h9-11H,5-8,14H2,1-4H3/t9?,10?,11-/m0/s1. The minimum atomic E-state index is -0.169. The van der Waals surface area contributed by atoms with Crippen LogP contribution < -0.4 is 5.73 Å². The van der Waals surface area contributed by atoms with Gasteiger partial charge in [-0.1, -0.05) is 25.4 Å². The van der Waals surface area contributed by atoms with Gasteiger partial charge in [-0.15, -0.1) is 0 Å². The van der Waals surface area contributed by atoms with E-state index in [1.54, 1.807) is 0 Å². The maximum atomic E-state index is 6.13. The Bertz CT molecular complexity index is 407. The molecule has 0 spiro atoms. The van der Waals surface area contributed by atoms with E-state index < -0.39 is 0 Å². The number of rotatable bonds is 4. The Kier molecular flexibility index (Phi) is 4.54. The summed E-state index contributed by atoms with van der Waals surface area (Å²) < 4.78 is 5.35. The summed E-state index contributed by atoms with van der Waals surface area (Å²) in [6, 6.07) is 0.0262. The molecule has 0 radical (unpaired) electrons. The zero-order valence-corrected chi connectivity index (χ0v) is 12.3. The van der Waals surface area contributed by atoms with E-state index in [2.05, 4.69) is 47.9 Å². The molecule has 1 aliphatic rings. The fraction of sp³-hybridized carbons (Fsp3) is 0.846. The second-order valence-corrected chi connectivity index (χ2v) is 5.66. The van der Waals surface area contributed by atoms with Crippen molar-refractivity contribution in [3.8, 4) is 0 Å². The maximum absolute atomic E-state index is 6.13. The van der Waals surface area contributed by atoms with Crippen LogP contribution in [0.25, 0.3) is 0 Å².